The van der Waals surface area contributed by atoms with E-state index in [0.717, 1.165) is 0 Å². The van der Waals surface area contributed by atoms with Crippen molar-refractivity contribution in [1.82, 2.24) is 4.90 Å². The number of aliphatic hydroxyl groups excluding tert-OH is 1. The molecule has 1 aromatic rings. The third kappa shape index (κ3) is 2.65. The van der Waals surface area contributed by atoms with Crippen molar-refractivity contribution in [3.05, 3.63) is 23.0 Å². The Hall–Kier alpha value is -1.82. The molecule has 1 N–H and O–H groups in total. The number of ether oxygens (including phenoxy) is 2. The van der Waals surface area contributed by atoms with E-state index in [9.17, 15) is 14.3 Å². The molecule has 0 aliphatic carbocycles. The predicted molar refractivity (Wildman–Crippen MR) is 82.4 cm³/mol. The van der Waals surface area contributed by atoms with Crippen LogP contribution < -0.4 is 9.47 Å². The van der Waals surface area contributed by atoms with Crippen LogP contribution in [0.2, 0.25) is 0 Å². The van der Waals surface area contributed by atoms with Gasteiger partial charge in [-0.05, 0) is 45.7 Å². The molecule has 5 nitrogen and oxygen atoms in total. The largest absolute Gasteiger partial charge is 0.488 e. The summed E-state index contributed by atoms with van der Waals surface area (Å²) in [6, 6.07) is 1.32. The van der Waals surface area contributed by atoms with Crippen LogP contribution in [-0.4, -0.2) is 46.8 Å². The minimum Gasteiger partial charge on any atom is -0.488 e. The van der Waals surface area contributed by atoms with E-state index < -0.39 is 11.9 Å². The first-order valence-corrected chi connectivity index (χ1v) is 7.95. The van der Waals surface area contributed by atoms with Crippen LogP contribution in [-0.2, 0) is 0 Å². The Balaban J connectivity index is 2.16. The second-order valence-electron chi connectivity index (χ2n) is 6.61. The van der Waals surface area contributed by atoms with Gasteiger partial charge in [-0.15, -0.1) is 0 Å². The molecule has 1 saturated heterocycles. The molecule has 0 saturated carbocycles. The predicted octanol–water partition coefficient (Wildman–Crippen LogP) is 2.28. The average Bonchev–Trinajstić information content (AvgIpc) is 2.82. The molecule has 0 radical (unpaired) electrons. The zero-order chi connectivity index (χ0) is 16.9. The Bertz CT molecular complexity index is 646. The molecule has 1 amide bonds. The summed E-state index contributed by atoms with van der Waals surface area (Å²) in [5, 5.41) is 9.89. The Morgan fingerprint density at radius 2 is 2.17 bits per heavy atom. The fourth-order valence-corrected chi connectivity index (χ4v) is 3.32. The van der Waals surface area contributed by atoms with Crippen LogP contribution in [0.25, 0.3) is 0 Å². The van der Waals surface area contributed by atoms with Crippen molar-refractivity contribution in [2.75, 3.05) is 6.54 Å². The van der Waals surface area contributed by atoms with Gasteiger partial charge in [0.05, 0.1) is 18.2 Å². The van der Waals surface area contributed by atoms with Gasteiger partial charge in [-0.1, -0.05) is 0 Å². The third-order valence-corrected chi connectivity index (χ3v) is 4.37. The lowest BCUT2D eigenvalue weighted by molar-refractivity contribution is 0.0644. The normalized spacial score (nSPS) is 26.7. The summed E-state index contributed by atoms with van der Waals surface area (Å²) in [7, 11) is 0. The number of benzene rings is 1. The van der Waals surface area contributed by atoms with Crippen LogP contribution >= 0.6 is 0 Å². The summed E-state index contributed by atoms with van der Waals surface area (Å²) in [5.74, 6) is -0.601. The fourth-order valence-electron chi connectivity index (χ4n) is 3.32. The van der Waals surface area contributed by atoms with Crippen LogP contribution in [0.1, 0.15) is 43.1 Å². The molecule has 2 aliphatic heterocycles. The van der Waals surface area contributed by atoms with Crippen LogP contribution in [0.3, 0.4) is 0 Å². The number of aryl methyl sites for hydroxylation is 1. The quantitative estimate of drug-likeness (QED) is 0.907. The van der Waals surface area contributed by atoms with Gasteiger partial charge in [-0.2, -0.15) is 0 Å². The molecule has 2 aliphatic rings. The van der Waals surface area contributed by atoms with Crippen LogP contribution in [0, 0.1) is 12.7 Å². The maximum atomic E-state index is 14.6. The fraction of sp³-hybridized carbons (Fsp3) is 0.588. The van der Waals surface area contributed by atoms with Crippen molar-refractivity contribution in [3.8, 4) is 11.5 Å². The lowest BCUT2D eigenvalue weighted by atomic mass is 10.1. The van der Waals surface area contributed by atoms with Crippen molar-refractivity contribution in [2.24, 2.45) is 0 Å². The topological polar surface area (TPSA) is 59.0 Å². The second-order valence-corrected chi connectivity index (χ2v) is 6.61. The number of hydrogen-bond acceptors (Lipinski definition) is 4. The summed E-state index contributed by atoms with van der Waals surface area (Å²) in [4.78, 5) is 14.5. The van der Waals surface area contributed by atoms with E-state index in [1.54, 1.807) is 31.7 Å². The zero-order valence-electron chi connectivity index (χ0n) is 13.8. The van der Waals surface area contributed by atoms with Gasteiger partial charge in [0.2, 0.25) is 0 Å². The number of carbonyl (C=O) groups excluding carboxylic acids is 1. The molecule has 0 spiro atoms. The van der Waals surface area contributed by atoms with Crippen LogP contribution in [0.5, 0.6) is 11.5 Å². The van der Waals surface area contributed by atoms with Crippen molar-refractivity contribution >= 4 is 5.91 Å². The Labute approximate surface area is 135 Å². The van der Waals surface area contributed by atoms with E-state index in [2.05, 4.69) is 0 Å². The van der Waals surface area contributed by atoms with Gasteiger partial charge in [-0.3, -0.25) is 4.79 Å². The molecular formula is C17H22FNO4. The highest BCUT2D eigenvalue weighted by atomic mass is 19.1. The molecule has 6 heteroatoms. The number of amides is 1. The lowest BCUT2D eigenvalue weighted by Crippen LogP contribution is -2.41. The van der Waals surface area contributed by atoms with Gasteiger partial charge >= 0.3 is 0 Å². The highest BCUT2D eigenvalue weighted by Gasteiger charge is 2.44. The van der Waals surface area contributed by atoms with Crippen LogP contribution in [0.15, 0.2) is 6.07 Å². The maximum Gasteiger partial charge on any atom is 0.262 e. The molecule has 0 aromatic heterocycles. The summed E-state index contributed by atoms with van der Waals surface area (Å²) in [5.41, 5.74) is 0.492. The van der Waals surface area contributed by atoms with E-state index in [4.69, 9.17) is 9.47 Å². The van der Waals surface area contributed by atoms with Crippen LogP contribution in [0.4, 0.5) is 4.39 Å². The summed E-state index contributed by atoms with van der Waals surface area (Å²) < 4.78 is 26.1. The van der Waals surface area contributed by atoms with Crippen molar-refractivity contribution < 1.29 is 23.8 Å². The Morgan fingerprint density at radius 3 is 2.83 bits per heavy atom. The molecule has 1 fully saturated rings. The van der Waals surface area contributed by atoms with Gasteiger partial charge < -0.3 is 19.5 Å². The van der Waals surface area contributed by atoms with Crippen molar-refractivity contribution in [1.29, 1.82) is 0 Å². The minimum atomic E-state index is -0.582. The third-order valence-electron chi connectivity index (χ3n) is 4.37. The molecule has 0 unspecified atom stereocenters. The number of nitrogens with zero attached hydrogens (tertiary/aromatic N) is 1. The van der Waals surface area contributed by atoms with E-state index in [0.29, 0.717) is 17.7 Å². The number of hydrogen-bond donors (Lipinski definition) is 1. The molecule has 3 rings (SSSR count). The number of carbonyl (C=O) groups is 1. The number of fused-ring (bicyclic) bond motifs is 2. The van der Waals surface area contributed by atoms with Gasteiger partial charge in [-0.25, -0.2) is 4.39 Å². The Kier molecular flexibility index (Phi) is 3.96. The summed E-state index contributed by atoms with van der Waals surface area (Å²) in [6.07, 6.45) is -0.679. The second kappa shape index (κ2) is 5.67. The number of rotatable bonds is 2. The maximum absolute atomic E-state index is 14.6. The molecule has 1 aromatic carbocycles. The first-order valence-electron chi connectivity index (χ1n) is 7.95. The molecular weight excluding hydrogens is 301 g/mol. The SMILES string of the molecule is Cc1cc2c(c(OC(C)C)c1F)C(=O)N1C[C@H](O)C[C@@H]1[C@@H](C)O2. The van der Waals surface area contributed by atoms with E-state index in [-0.39, 0.29) is 42.0 Å². The molecule has 0 bridgehead atoms. The smallest absolute Gasteiger partial charge is 0.262 e. The first-order chi connectivity index (χ1) is 10.8. The van der Waals surface area contributed by atoms with E-state index in [1.807, 2.05) is 6.92 Å². The molecule has 126 valence electrons. The summed E-state index contributed by atoms with van der Waals surface area (Å²) >= 11 is 0. The molecule has 3 atom stereocenters. The van der Waals surface area contributed by atoms with E-state index in [1.165, 1.54) is 0 Å². The lowest BCUT2D eigenvalue weighted by Gasteiger charge is -2.25. The van der Waals surface area contributed by atoms with Gasteiger partial charge in [0, 0.05) is 6.54 Å². The highest BCUT2D eigenvalue weighted by Crippen LogP contribution is 2.40. The monoisotopic (exact) mass is 323 g/mol. The standard InChI is InChI=1S/C17H22FNO4/c1-8(2)22-16-14-13(5-9(3)15(16)18)23-10(4)12-6-11(20)7-19(12)17(14)21/h5,8,10-12,20H,6-7H2,1-4H3/t10-,11-,12-/m1/s1. The number of aliphatic hydroxyl groups is 1. The van der Waals surface area contributed by atoms with E-state index >= 15 is 0 Å². The molecule has 2 heterocycles. The van der Waals surface area contributed by atoms with Gasteiger partial charge in [0.25, 0.3) is 5.91 Å². The molecule has 23 heavy (non-hydrogen) atoms. The van der Waals surface area contributed by atoms with Crippen molar-refractivity contribution in [3.63, 3.8) is 0 Å². The minimum absolute atomic E-state index is 0.0609. The Morgan fingerprint density at radius 1 is 1.48 bits per heavy atom. The number of halogens is 1. The summed E-state index contributed by atoms with van der Waals surface area (Å²) in [6.45, 7) is 7.27. The average molecular weight is 323 g/mol. The van der Waals surface area contributed by atoms with Crippen molar-refractivity contribution in [2.45, 2.75) is 58.5 Å². The van der Waals surface area contributed by atoms with Gasteiger partial charge in [0.1, 0.15) is 17.4 Å². The first kappa shape index (κ1) is 16.1. The van der Waals surface area contributed by atoms with Gasteiger partial charge in [0.15, 0.2) is 11.6 Å². The zero-order valence-corrected chi connectivity index (χ0v) is 13.8. The highest BCUT2D eigenvalue weighted by molar-refractivity contribution is 6.00.